The van der Waals surface area contributed by atoms with Crippen LogP contribution in [-0.2, 0) is 13.4 Å². The molecule has 3 N–H and O–H groups in total. The van der Waals surface area contributed by atoms with Gasteiger partial charge in [0.05, 0.1) is 0 Å². The number of rotatable bonds is 21. The van der Waals surface area contributed by atoms with E-state index in [0.717, 1.165) is 51.4 Å². The predicted molar refractivity (Wildman–Crippen MR) is 127 cm³/mol. The zero-order valence-electron chi connectivity index (χ0n) is 19.7. The third-order valence-corrected chi connectivity index (χ3v) is 6.52. The molecule has 0 aliphatic carbocycles. The van der Waals surface area contributed by atoms with E-state index >= 15 is 0 Å². The van der Waals surface area contributed by atoms with Gasteiger partial charge in [0.25, 0.3) is 0 Å². The minimum absolute atomic E-state index is 0.147. The van der Waals surface area contributed by atoms with E-state index in [-0.39, 0.29) is 12.8 Å². The van der Waals surface area contributed by atoms with E-state index in [1.807, 2.05) is 0 Å². The number of aliphatic carboxylic acids is 1. The molecule has 7 heteroatoms. The number of aliphatic hydroxyl groups is 2. The van der Waals surface area contributed by atoms with Gasteiger partial charge in [-0.05, 0) is 25.7 Å². The van der Waals surface area contributed by atoms with Gasteiger partial charge in [0, 0.05) is 0 Å². The fraction of sp³-hybridized carbons (Fsp3) is 0.917. The quantitative estimate of drug-likeness (QED) is 0.154. The molecule has 0 aromatic rings. The molecular weight excluding hydrogens is 464 g/mol. The zero-order valence-corrected chi connectivity index (χ0v) is 21.3. The Kier molecular flexibility index (Phi) is 17.5. The molecule has 0 spiro atoms. The van der Waals surface area contributed by atoms with Crippen LogP contribution in [0.4, 0.5) is 0 Å². The summed E-state index contributed by atoms with van der Waals surface area (Å²) in [6.07, 6.45) is 15.6. The molecule has 0 aromatic heterocycles. The minimum Gasteiger partial charge on any atom is -0.479 e. The number of carbonyl (C=O) groups is 2. The molecule has 0 saturated heterocycles. The number of halogens is 1. The van der Waals surface area contributed by atoms with Crippen molar-refractivity contribution in [1.82, 2.24) is 0 Å². The van der Waals surface area contributed by atoms with E-state index in [1.165, 1.54) is 38.5 Å². The lowest BCUT2D eigenvalue weighted by Crippen LogP contribution is -2.63. The van der Waals surface area contributed by atoms with Gasteiger partial charge < -0.3 is 19.1 Å². The standard InChI is InChI=1S/C24H45BrO6/c1-3-5-7-9-11-13-15-17-19-23(29,21(26)27)24(30,22(28)31-25)20-18-16-14-12-10-8-6-4-2/h29-30H,3-20H2,1-2H3,(H,26,27). The van der Waals surface area contributed by atoms with Crippen molar-refractivity contribution in [3.05, 3.63) is 0 Å². The molecule has 184 valence electrons. The Bertz CT molecular complexity index is 487. The molecular formula is C24H45BrO6. The van der Waals surface area contributed by atoms with Crippen LogP contribution in [0.15, 0.2) is 0 Å². The Morgan fingerprint density at radius 2 is 0.968 bits per heavy atom. The smallest absolute Gasteiger partial charge is 0.353 e. The normalized spacial score (nSPS) is 15.3. The van der Waals surface area contributed by atoms with Gasteiger partial charge in [0.15, 0.2) is 16.3 Å². The number of hydrogen-bond donors (Lipinski definition) is 3. The fourth-order valence-electron chi connectivity index (χ4n) is 4.06. The largest absolute Gasteiger partial charge is 0.479 e. The van der Waals surface area contributed by atoms with E-state index < -0.39 is 23.1 Å². The van der Waals surface area contributed by atoms with Crippen LogP contribution in [0.5, 0.6) is 0 Å². The highest BCUT2D eigenvalue weighted by Crippen LogP contribution is 2.35. The second kappa shape index (κ2) is 17.8. The predicted octanol–water partition coefficient (Wildman–Crippen LogP) is 6.45. The number of hydrogen-bond acceptors (Lipinski definition) is 5. The number of carbonyl (C=O) groups excluding carboxylic acids is 1. The first kappa shape index (κ1) is 30.3. The summed E-state index contributed by atoms with van der Waals surface area (Å²) in [6, 6.07) is 0. The Hall–Kier alpha value is -0.660. The Labute approximate surface area is 197 Å². The van der Waals surface area contributed by atoms with Gasteiger partial charge in [-0.3, -0.25) is 0 Å². The number of carboxylic acid groups (broad SMARTS) is 1. The summed E-state index contributed by atoms with van der Waals surface area (Å²) >= 11 is 2.56. The molecule has 0 radical (unpaired) electrons. The number of unbranched alkanes of at least 4 members (excludes halogenated alkanes) is 14. The lowest BCUT2D eigenvalue weighted by atomic mass is 9.75. The van der Waals surface area contributed by atoms with Crippen LogP contribution in [-0.4, -0.2) is 38.5 Å². The molecule has 0 aliphatic heterocycles. The second-order valence-electron chi connectivity index (χ2n) is 8.84. The van der Waals surface area contributed by atoms with Crippen LogP contribution in [0.25, 0.3) is 0 Å². The first-order valence-corrected chi connectivity index (χ1v) is 13.0. The van der Waals surface area contributed by atoms with Crippen LogP contribution in [0, 0.1) is 0 Å². The van der Waals surface area contributed by atoms with E-state index in [1.54, 1.807) is 0 Å². The van der Waals surface area contributed by atoms with Crippen molar-refractivity contribution in [2.75, 3.05) is 0 Å². The maximum Gasteiger partial charge on any atom is 0.353 e. The van der Waals surface area contributed by atoms with E-state index in [9.17, 15) is 24.9 Å². The summed E-state index contributed by atoms with van der Waals surface area (Å²) in [5.74, 6) is -2.74. The van der Waals surface area contributed by atoms with Crippen molar-refractivity contribution in [2.24, 2.45) is 0 Å². The van der Waals surface area contributed by atoms with Crippen LogP contribution in [0.1, 0.15) is 129 Å². The van der Waals surface area contributed by atoms with Crippen molar-refractivity contribution >= 4 is 28.2 Å². The average molecular weight is 510 g/mol. The maximum atomic E-state index is 12.3. The first-order chi connectivity index (χ1) is 14.8. The zero-order chi connectivity index (χ0) is 23.6. The average Bonchev–Trinajstić information content (AvgIpc) is 2.76. The highest BCUT2D eigenvalue weighted by Gasteiger charge is 2.60. The van der Waals surface area contributed by atoms with Crippen molar-refractivity contribution in [1.29, 1.82) is 0 Å². The summed E-state index contributed by atoms with van der Waals surface area (Å²) in [5.41, 5.74) is -5.05. The number of carboxylic acids is 1. The van der Waals surface area contributed by atoms with Gasteiger partial charge in [-0.2, -0.15) is 0 Å². The van der Waals surface area contributed by atoms with E-state index in [4.69, 9.17) is 0 Å². The molecule has 2 atom stereocenters. The van der Waals surface area contributed by atoms with Crippen molar-refractivity contribution in [2.45, 2.75) is 141 Å². The lowest BCUT2D eigenvalue weighted by molar-refractivity contribution is -0.207. The van der Waals surface area contributed by atoms with Crippen molar-refractivity contribution in [3.63, 3.8) is 0 Å². The van der Waals surface area contributed by atoms with Crippen LogP contribution >= 0.6 is 16.3 Å². The third kappa shape index (κ3) is 11.2. The van der Waals surface area contributed by atoms with Gasteiger partial charge in [0.1, 0.15) is 0 Å². The Morgan fingerprint density at radius 3 is 1.29 bits per heavy atom. The SMILES string of the molecule is CCCCCCCCCCC(O)(C(=O)O)C(O)(CCCCCCCCCC)C(=O)OBr. The highest BCUT2D eigenvalue weighted by atomic mass is 79.9. The first-order valence-electron chi connectivity index (χ1n) is 12.3. The van der Waals surface area contributed by atoms with Crippen LogP contribution < -0.4 is 0 Å². The van der Waals surface area contributed by atoms with E-state index in [0.29, 0.717) is 12.8 Å². The lowest BCUT2D eigenvalue weighted by Gasteiger charge is -2.38. The molecule has 0 saturated carbocycles. The minimum atomic E-state index is -2.57. The van der Waals surface area contributed by atoms with Crippen LogP contribution in [0.3, 0.4) is 0 Å². The summed E-state index contributed by atoms with van der Waals surface area (Å²) < 4.78 is 4.52. The molecule has 0 fully saturated rings. The van der Waals surface area contributed by atoms with Crippen molar-refractivity contribution < 1.29 is 28.7 Å². The topological polar surface area (TPSA) is 104 Å². The molecule has 6 nitrogen and oxygen atoms in total. The molecule has 0 amide bonds. The van der Waals surface area contributed by atoms with Crippen LogP contribution in [0.2, 0.25) is 0 Å². The summed E-state index contributed by atoms with van der Waals surface area (Å²) in [7, 11) is 0. The highest BCUT2D eigenvalue weighted by molar-refractivity contribution is 9.06. The summed E-state index contributed by atoms with van der Waals surface area (Å²) in [5, 5.41) is 31.6. The molecule has 0 heterocycles. The molecule has 31 heavy (non-hydrogen) atoms. The molecule has 2 unspecified atom stereocenters. The van der Waals surface area contributed by atoms with Crippen molar-refractivity contribution in [3.8, 4) is 0 Å². The van der Waals surface area contributed by atoms with E-state index in [2.05, 4.69) is 33.9 Å². The van der Waals surface area contributed by atoms with Gasteiger partial charge in [-0.1, -0.05) is 104 Å². The summed E-state index contributed by atoms with van der Waals surface area (Å²) in [4.78, 5) is 24.2. The third-order valence-electron chi connectivity index (χ3n) is 6.23. The Balaban J connectivity index is 4.72. The molecule has 0 bridgehead atoms. The maximum absolute atomic E-state index is 12.3. The molecule has 0 rings (SSSR count). The van der Waals surface area contributed by atoms with Gasteiger partial charge in [-0.15, -0.1) is 0 Å². The second-order valence-corrected chi connectivity index (χ2v) is 9.16. The Morgan fingerprint density at radius 1 is 0.645 bits per heavy atom. The molecule has 0 aliphatic rings. The van der Waals surface area contributed by atoms with Gasteiger partial charge in [0.2, 0.25) is 11.2 Å². The van der Waals surface area contributed by atoms with Gasteiger partial charge in [-0.25, -0.2) is 9.59 Å². The van der Waals surface area contributed by atoms with Gasteiger partial charge >= 0.3 is 11.9 Å². The monoisotopic (exact) mass is 508 g/mol. The fourth-order valence-corrected chi connectivity index (χ4v) is 4.33. The molecule has 0 aromatic carbocycles. The summed E-state index contributed by atoms with van der Waals surface area (Å²) in [6.45, 7) is 4.33.